The van der Waals surface area contributed by atoms with Crippen molar-refractivity contribution in [3.05, 3.63) is 59.4 Å². The topological polar surface area (TPSA) is 45.6 Å². The lowest BCUT2D eigenvalue weighted by Crippen LogP contribution is -2.24. The van der Waals surface area contributed by atoms with Crippen LogP contribution in [0.2, 0.25) is 0 Å². The number of aromatic nitrogens is 1. The van der Waals surface area contributed by atoms with E-state index in [2.05, 4.69) is 9.88 Å². The third-order valence-corrected chi connectivity index (χ3v) is 3.40. The van der Waals surface area contributed by atoms with Crippen molar-refractivity contribution in [2.24, 2.45) is 0 Å². The number of ether oxygens (including phenoxy) is 1. The molecule has 0 saturated heterocycles. The Morgan fingerprint density at radius 1 is 1.33 bits per heavy atom. The van der Waals surface area contributed by atoms with Crippen molar-refractivity contribution in [1.82, 2.24) is 9.88 Å². The first-order valence-corrected chi connectivity index (χ1v) is 7.00. The molecule has 21 heavy (non-hydrogen) atoms. The molecule has 4 nitrogen and oxygen atoms in total. The van der Waals surface area contributed by atoms with E-state index in [1.165, 1.54) is 0 Å². The molecule has 112 valence electrons. The van der Waals surface area contributed by atoms with Gasteiger partial charge in [0, 0.05) is 31.0 Å². The number of aryl methyl sites for hydroxylation is 1. The highest BCUT2D eigenvalue weighted by atomic mass is 16.5. The summed E-state index contributed by atoms with van der Waals surface area (Å²) in [5.74, 6) is 0.725. The van der Waals surface area contributed by atoms with Crippen LogP contribution in [-0.2, 0) is 6.54 Å². The summed E-state index contributed by atoms with van der Waals surface area (Å²) in [4.78, 5) is 6.18. The summed E-state index contributed by atoms with van der Waals surface area (Å²) in [5, 5.41) is 10.5. The number of rotatable bonds is 6. The molecular weight excluding hydrogens is 264 g/mol. The molecule has 0 fully saturated rings. The normalized spacial score (nSPS) is 12.4. The van der Waals surface area contributed by atoms with Crippen molar-refractivity contribution in [2.45, 2.75) is 19.6 Å². The zero-order valence-electron chi connectivity index (χ0n) is 12.8. The van der Waals surface area contributed by atoms with Crippen molar-refractivity contribution >= 4 is 0 Å². The number of pyridine rings is 1. The van der Waals surface area contributed by atoms with E-state index in [9.17, 15) is 5.11 Å². The number of nitrogens with zero attached hydrogens (tertiary/aromatic N) is 2. The molecule has 2 aromatic rings. The van der Waals surface area contributed by atoms with Crippen molar-refractivity contribution in [3.8, 4) is 5.75 Å². The van der Waals surface area contributed by atoms with Gasteiger partial charge in [-0.1, -0.05) is 17.7 Å². The summed E-state index contributed by atoms with van der Waals surface area (Å²) in [6.07, 6.45) is 3.02. The van der Waals surface area contributed by atoms with Gasteiger partial charge in [-0.3, -0.25) is 9.88 Å². The number of hydrogen-bond acceptors (Lipinski definition) is 4. The molecule has 0 radical (unpaired) electrons. The highest BCUT2D eigenvalue weighted by molar-refractivity contribution is 5.38. The Labute approximate surface area is 126 Å². The standard InChI is InChI=1S/C17H22N2O2/c1-13-6-7-17(21-3)15(9-13)16(20)12-19(2)11-14-5-4-8-18-10-14/h4-10,16,20H,11-12H2,1-3H3. The molecule has 1 atom stereocenters. The van der Waals surface area contributed by atoms with Gasteiger partial charge in [0.25, 0.3) is 0 Å². The average molecular weight is 286 g/mol. The van der Waals surface area contributed by atoms with Crippen LogP contribution in [-0.4, -0.2) is 35.7 Å². The van der Waals surface area contributed by atoms with Gasteiger partial charge in [0.2, 0.25) is 0 Å². The highest BCUT2D eigenvalue weighted by Gasteiger charge is 2.15. The summed E-state index contributed by atoms with van der Waals surface area (Å²) >= 11 is 0. The molecule has 1 unspecified atom stereocenters. The maximum atomic E-state index is 10.5. The number of aliphatic hydroxyl groups excluding tert-OH is 1. The monoisotopic (exact) mass is 286 g/mol. The Kier molecular flexibility index (Phi) is 5.31. The van der Waals surface area contributed by atoms with E-state index in [1.54, 1.807) is 13.3 Å². The van der Waals surface area contributed by atoms with Crippen LogP contribution in [0.1, 0.15) is 22.8 Å². The third kappa shape index (κ3) is 4.28. The van der Waals surface area contributed by atoms with Gasteiger partial charge in [-0.2, -0.15) is 0 Å². The Bertz CT molecular complexity index is 572. The van der Waals surface area contributed by atoms with E-state index in [4.69, 9.17) is 4.74 Å². The minimum Gasteiger partial charge on any atom is -0.496 e. The Hall–Kier alpha value is -1.91. The number of methoxy groups -OCH3 is 1. The molecule has 1 aromatic carbocycles. The lowest BCUT2D eigenvalue weighted by Gasteiger charge is -2.22. The first-order valence-electron chi connectivity index (χ1n) is 7.00. The van der Waals surface area contributed by atoms with E-state index in [0.717, 1.165) is 29.0 Å². The number of benzene rings is 1. The molecule has 2 rings (SSSR count). The fraction of sp³-hybridized carbons (Fsp3) is 0.353. The molecule has 4 heteroatoms. The molecule has 1 heterocycles. The van der Waals surface area contributed by atoms with E-state index in [1.807, 2.05) is 50.5 Å². The van der Waals surface area contributed by atoms with Crippen LogP contribution >= 0.6 is 0 Å². The Morgan fingerprint density at radius 3 is 2.81 bits per heavy atom. The maximum absolute atomic E-state index is 10.5. The molecule has 0 aliphatic heterocycles. The zero-order valence-corrected chi connectivity index (χ0v) is 12.8. The Balaban J connectivity index is 2.03. The van der Waals surface area contributed by atoms with Gasteiger partial charge in [-0.05, 0) is 37.7 Å². The van der Waals surface area contributed by atoms with Crippen LogP contribution in [0, 0.1) is 6.92 Å². The largest absolute Gasteiger partial charge is 0.496 e. The average Bonchev–Trinajstić information content (AvgIpc) is 2.48. The minimum atomic E-state index is -0.582. The van der Waals surface area contributed by atoms with E-state index in [-0.39, 0.29) is 0 Å². The van der Waals surface area contributed by atoms with Crippen LogP contribution in [0.4, 0.5) is 0 Å². The van der Waals surface area contributed by atoms with Crippen LogP contribution in [0.25, 0.3) is 0 Å². The lowest BCUT2D eigenvalue weighted by atomic mass is 10.0. The van der Waals surface area contributed by atoms with Crippen molar-refractivity contribution < 1.29 is 9.84 Å². The van der Waals surface area contributed by atoms with E-state index >= 15 is 0 Å². The van der Waals surface area contributed by atoms with Gasteiger partial charge in [-0.15, -0.1) is 0 Å². The second-order valence-electron chi connectivity index (χ2n) is 5.32. The SMILES string of the molecule is COc1ccc(C)cc1C(O)CN(C)Cc1cccnc1. The van der Waals surface area contributed by atoms with Gasteiger partial charge >= 0.3 is 0 Å². The van der Waals surface area contributed by atoms with Crippen molar-refractivity contribution in [3.63, 3.8) is 0 Å². The van der Waals surface area contributed by atoms with Gasteiger partial charge in [-0.25, -0.2) is 0 Å². The third-order valence-electron chi connectivity index (χ3n) is 3.40. The first-order chi connectivity index (χ1) is 10.1. The van der Waals surface area contributed by atoms with Crippen molar-refractivity contribution in [1.29, 1.82) is 0 Å². The summed E-state index contributed by atoms with van der Waals surface area (Å²) in [6.45, 7) is 3.29. The maximum Gasteiger partial charge on any atom is 0.124 e. The predicted octanol–water partition coefficient (Wildman–Crippen LogP) is 2.56. The van der Waals surface area contributed by atoms with Gasteiger partial charge in [0.05, 0.1) is 13.2 Å². The summed E-state index contributed by atoms with van der Waals surface area (Å²) in [7, 11) is 3.61. The quantitative estimate of drug-likeness (QED) is 0.886. The molecule has 1 aromatic heterocycles. The van der Waals surface area contributed by atoms with Gasteiger partial charge < -0.3 is 9.84 Å². The summed E-state index contributed by atoms with van der Waals surface area (Å²) in [6, 6.07) is 9.80. The van der Waals surface area contributed by atoms with Crippen LogP contribution in [0.5, 0.6) is 5.75 Å². The molecule has 0 spiro atoms. The summed E-state index contributed by atoms with van der Waals surface area (Å²) in [5.41, 5.74) is 3.07. The van der Waals surface area contributed by atoms with Crippen LogP contribution in [0.15, 0.2) is 42.7 Å². The highest BCUT2D eigenvalue weighted by Crippen LogP contribution is 2.26. The lowest BCUT2D eigenvalue weighted by molar-refractivity contribution is 0.121. The Morgan fingerprint density at radius 2 is 2.14 bits per heavy atom. The molecule has 0 aliphatic carbocycles. The van der Waals surface area contributed by atoms with Gasteiger partial charge in [0.15, 0.2) is 0 Å². The minimum absolute atomic E-state index is 0.536. The van der Waals surface area contributed by atoms with E-state index in [0.29, 0.717) is 6.54 Å². The fourth-order valence-corrected chi connectivity index (χ4v) is 2.38. The second kappa shape index (κ2) is 7.20. The van der Waals surface area contributed by atoms with Crippen molar-refractivity contribution in [2.75, 3.05) is 20.7 Å². The molecule has 1 N–H and O–H groups in total. The number of aliphatic hydroxyl groups is 1. The molecule has 0 bridgehead atoms. The summed E-state index contributed by atoms with van der Waals surface area (Å²) < 4.78 is 5.33. The van der Waals surface area contributed by atoms with Crippen LogP contribution in [0.3, 0.4) is 0 Å². The molecular formula is C17H22N2O2. The van der Waals surface area contributed by atoms with Gasteiger partial charge in [0.1, 0.15) is 5.75 Å². The molecule has 0 saturated carbocycles. The molecule has 0 amide bonds. The number of likely N-dealkylation sites (N-methyl/N-ethyl adjacent to an activating group) is 1. The van der Waals surface area contributed by atoms with E-state index < -0.39 is 6.10 Å². The fourth-order valence-electron chi connectivity index (χ4n) is 2.38. The smallest absolute Gasteiger partial charge is 0.124 e. The number of hydrogen-bond donors (Lipinski definition) is 1. The zero-order chi connectivity index (χ0) is 15.2. The van der Waals surface area contributed by atoms with Crippen LogP contribution < -0.4 is 4.74 Å². The molecule has 0 aliphatic rings. The second-order valence-corrected chi connectivity index (χ2v) is 5.32. The first kappa shape index (κ1) is 15.5. The predicted molar refractivity (Wildman–Crippen MR) is 83.3 cm³/mol.